The molecule has 0 radical (unpaired) electrons. The second-order valence-corrected chi connectivity index (χ2v) is 5.80. The lowest BCUT2D eigenvalue weighted by atomic mass is 9.91. The van der Waals surface area contributed by atoms with Gasteiger partial charge >= 0.3 is 0 Å². The van der Waals surface area contributed by atoms with Gasteiger partial charge < -0.3 is 10.1 Å². The van der Waals surface area contributed by atoms with Crippen LogP contribution in [0.1, 0.15) is 46.3 Å². The zero-order valence-electron chi connectivity index (χ0n) is 13.1. The fourth-order valence-electron chi connectivity index (χ4n) is 3.07. The Morgan fingerprint density at radius 3 is 2.71 bits per heavy atom. The van der Waals surface area contributed by atoms with Gasteiger partial charge in [-0.2, -0.15) is 0 Å². The van der Waals surface area contributed by atoms with Crippen LogP contribution in [0.4, 0.5) is 0 Å². The predicted molar refractivity (Wildman–Crippen MR) is 86.4 cm³/mol. The smallest absolute Gasteiger partial charge is 0.0725 e. The summed E-state index contributed by atoms with van der Waals surface area (Å²) in [5.74, 6) is 0. The van der Waals surface area contributed by atoms with E-state index in [9.17, 15) is 0 Å². The highest BCUT2D eigenvalue weighted by Gasteiger charge is 2.19. The van der Waals surface area contributed by atoms with Crippen LogP contribution in [0, 0.1) is 13.8 Å². The van der Waals surface area contributed by atoms with E-state index >= 15 is 0 Å². The molecule has 1 aliphatic rings. The van der Waals surface area contributed by atoms with Gasteiger partial charge in [0.2, 0.25) is 0 Å². The fraction of sp³-hybridized carbons (Fsp3) is 0.368. The Hall–Kier alpha value is -1.64. The molecule has 0 spiro atoms. The van der Waals surface area contributed by atoms with Gasteiger partial charge in [0.15, 0.2) is 0 Å². The second kappa shape index (κ2) is 6.00. The molecule has 0 aromatic heterocycles. The summed E-state index contributed by atoms with van der Waals surface area (Å²) in [6, 6.07) is 13.6. The van der Waals surface area contributed by atoms with E-state index in [1.54, 1.807) is 0 Å². The number of nitrogens with one attached hydrogen (secondary N) is 1. The SMILES string of the molecule is CCNC(c1ccc2c(c1)COC2)c1cccc(C)c1C. The highest BCUT2D eigenvalue weighted by molar-refractivity contribution is 5.43. The van der Waals surface area contributed by atoms with Crippen molar-refractivity contribution in [1.29, 1.82) is 0 Å². The van der Waals surface area contributed by atoms with Crippen LogP contribution in [-0.2, 0) is 18.0 Å². The minimum atomic E-state index is 0.251. The average Bonchev–Trinajstić information content (AvgIpc) is 2.95. The van der Waals surface area contributed by atoms with Crippen molar-refractivity contribution < 1.29 is 4.74 Å². The van der Waals surface area contributed by atoms with E-state index in [-0.39, 0.29) is 6.04 Å². The molecule has 1 heterocycles. The van der Waals surface area contributed by atoms with Crippen LogP contribution in [-0.4, -0.2) is 6.54 Å². The molecule has 0 saturated carbocycles. The maximum Gasteiger partial charge on any atom is 0.0725 e. The zero-order valence-corrected chi connectivity index (χ0v) is 13.1. The monoisotopic (exact) mass is 281 g/mol. The molecular formula is C19H23NO. The van der Waals surface area contributed by atoms with Crippen molar-refractivity contribution in [2.75, 3.05) is 6.54 Å². The van der Waals surface area contributed by atoms with E-state index in [4.69, 9.17) is 4.74 Å². The third kappa shape index (κ3) is 2.74. The third-order valence-electron chi connectivity index (χ3n) is 4.44. The molecule has 0 bridgehead atoms. The summed E-state index contributed by atoms with van der Waals surface area (Å²) in [4.78, 5) is 0. The number of fused-ring (bicyclic) bond motifs is 1. The van der Waals surface area contributed by atoms with Gasteiger partial charge in [-0.3, -0.25) is 0 Å². The van der Waals surface area contributed by atoms with Gasteiger partial charge in [-0.25, -0.2) is 0 Å². The summed E-state index contributed by atoms with van der Waals surface area (Å²) < 4.78 is 5.54. The van der Waals surface area contributed by atoms with Crippen LogP contribution in [0.15, 0.2) is 36.4 Å². The van der Waals surface area contributed by atoms with Crippen LogP contribution >= 0.6 is 0 Å². The highest BCUT2D eigenvalue weighted by atomic mass is 16.5. The Morgan fingerprint density at radius 2 is 1.90 bits per heavy atom. The first-order valence-corrected chi connectivity index (χ1v) is 7.69. The molecule has 2 aromatic carbocycles. The molecule has 0 saturated heterocycles. The molecule has 110 valence electrons. The Kier molecular flexibility index (Phi) is 4.09. The van der Waals surface area contributed by atoms with Crippen LogP contribution < -0.4 is 5.32 Å². The maximum absolute atomic E-state index is 5.54. The van der Waals surface area contributed by atoms with Gasteiger partial charge in [0, 0.05) is 0 Å². The lowest BCUT2D eigenvalue weighted by Gasteiger charge is -2.22. The van der Waals surface area contributed by atoms with Crippen molar-refractivity contribution in [1.82, 2.24) is 5.32 Å². The Morgan fingerprint density at radius 1 is 1.10 bits per heavy atom. The number of hydrogen-bond acceptors (Lipinski definition) is 2. The highest BCUT2D eigenvalue weighted by Crippen LogP contribution is 2.30. The molecule has 3 rings (SSSR count). The van der Waals surface area contributed by atoms with Crippen LogP contribution in [0.25, 0.3) is 0 Å². The van der Waals surface area contributed by atoms with Gasteiger partial charge in [0.05, 0.1) is 19.3 Å². The molecule has 0 fully saturated rings. The number of rotatable bonds is 4. The summed E-state index contributed by atoms with van der Waals surface area (Å²) in [6.45, 7) is 9.00. The first-order chi connectivity index (χ1) is 10.2. The standard InChI is InChI=1S/C19H23NO/c1-4-20-19(18-7-5-6-13(2)14(18)3)15-8-9-16-11-21-12-17(16)10-15/h5-10,19-20H,4,11-12H2,1-3H3. The minimum absolute atomic E-state index is 0.251. The number of aryl methyl sites for hydroxylation is 1. The van der Waals surface area contributed by atoms with Crippen molar-refractivity contribution in [3.8, 4) is 0 Å². The van der Waals surface area contributed by atoms with Gasteiger partial charge in [0.25, 0.3) is 0 Å². The summed E-state index contributed by atoms with van der Waals surface area (Å²) in [5, 5.41) is 3.63. The largest absolute Gasteiger partial charge is 0.372 e. The first kappa shape index (κ1) is 14.3. The van der Waals surface area contributed by atoms with Gasteiger partial charge in [-0.1, -0.05) is 43.3 Å². The van der Waals surface area contributed by atoms with E-state index in [0.717, 1.165) is 19.8 Å². The Bertz CT molecular complexity index is 648. The lowest BCUT2D eigenvalue weighted by molar-refractivity contribution is 0.134. The molecule has 0 aliphatic carbocycles. The van der Waals surface area contributed by atoms with Gasteiger partial charge in [-0.05, 0) is 53.8 Å². The van der Waals surface area contributed by atoms with Crippen LogP contribution in [0.5, 0.6) is 0 Å². The molecule has 1 aliphatic heterocycles. The van der Waals surface area contributed by atoms with E-state index < -0.39 is 0 Å². The van der Waals surface area contributed by atoms with E-state index in [2.05, 4.69) is 62.5 Å². The molecule has 1 atom stereocenters. The molecule has 1 unspecified atom stereocenters. The first-order valence-electron chi connectivity index (χ1n) is 7.69. The van der Waals surface area contributed by atoms with Gasteiger partial charge in [-0.15, -0.1) is 0 Å². The van der Waals surface area contributed by atoms with E-state index in [0.29, 0.717) is 0 Å². The Labute approximate surface area is 127 Å². The molecule has 0 amide bonds. The van der Waals surface area contributed by atoms with Crippen molar-refractivity contribution in [3.05, 3.63) is 69.8 Å². The molecule has 21 heavy (non-hydrogen) atoms. The summed E-state index contributed by atoms with van der Waals surface area (Å²) in [6.07, 6.45) is 0. The lowest BCUT2D eigenvalue weighted by Crippen LogP contribution is -2.23. The van der Waals surface area contributed by atoms with Gasteiger partial charge in [0.1, 0.15) is 0 Å². The summed E-state index contributed by atoms with van der Waals surface area (Å²) >= 11 is 0. The van der Waals surface area contributed by atoms with Crippen molar-refractivity contribution in [2.45, 2.75) is 40.0 Å². The molecule has 1 N–H and O–H groups in total. The summed E-state index contributed by atoms with van der Waals surface area (Å²) in [5.41, 5.74) is 8.08. The number of ether oxygens (including phenoxy) is 1. The minimum Gasteiger partial charge on any atom is -0.372 e. The molecule has 2 nitrogen and oxygen atoms in total. The van der Waals surface area contributed by atoms with E-state index in [1.165, 1.54) is 33.4 Å². The van der Waals surface area contributed by atoms with E-state index in [1.807, 2.05) is 0 Å². The fourth-order valence-corrected chi connectivity index (χ4v) is 3.07. The maximum atomic E-state index is 5.54. The van der Waals surface area contributed by atoms with Crippen molar-refractivity contribution in [2.24, 2.45) is 0 Å². The topological polar surface area (TPSA) is 21.3 Å². The quantitative estimate of drug-likeness (QED) is 0.913. The summed E-state index contributed by atoms with van der Waals surface area (Å²) in [7, 11) is 0. The number of hydrogen-bond donors (Lipinski definition) is 1. The second-order valence-electron chi connectivity index (χ2n) is 5.80. The molecule has 2 aromatic rings. The van der Waals surface area contributed by atoms with Crippen LogP contribution in [0.3, 0.4) is 0 Å². The average molecular weight is 281 g/mol. The normalized spacial score (nSPS) is 15.0. The van der Waals surface area contributed by atoms with Crippen molar-refractivity contribution in [3.63, 3.8) is 0 Å². The number of benzene rings is 2. The van der Waals surface area contributed by atoms with Crippen LogP contribution in [0.2, 0.25) is 0 Å². The molecular weight excluding hydrogens is 258 g/mol. The third-order valence-corrected chi connectivity index (χ3v) is 4.44. The molecule has 2 heteroatoms. The zero-order chi connectivity index (χ0) is 14.8. The predicted octanol–water partition coefficient (Wildman–Crippen LogP) is 4.03. The van der Waals surface area contributed by atoms with Crippen molar-refractivity contribution >= 4 is 0 Å². The Balaban J connectivity index is 2.03.